The highest BCUT2D eigenvalue weighted by molar-refractivity contribution is 7.99. The molecule has 0 saturated carbocycles. The van der Waals surface area contributed by atoms with Crippen LogP contribution in [0.1, 0.15) is 26.5 Å². The van der Waals surface area contributed by atoms with Crippen molar-refractivity contribution in [3.05, 3.63) is 94.3 Å². The Morgan fingerprint density at radius 3 is 2.76 bits per heavy atom. The van der Waals surface area contributed by atoms with E-state index in [1.54, 1.807) is 24.4 Å². The maximum atomic E-state index is 13.3. The summed E-state index contributed by atoms with van der Waals surface area (Å²) in [7, 11) is 1.29. The molecule has 2 aromatic carbocycles. The molecule has 0 spiro atoms. The van der Waals surface area contributed by atoms with Gasteiger partial charge in [0.25, 0.3) is 5.56 Å². The number of ketones is 1. The number of H-pyrrole nitrogens is 1. The normalized spacial score (nSPS) is 11.2. The monoisotopic (exact) mass is 473 g/mol. The molecule has 1 N–H and O–H groups in total. The number of hydrogen-bond donors (Lipinski definition) is 1. The number of thioether (sulfide) groups is 1. The van der Waals surface area contributed by atoms with E-state index >= 15 is 0 Å². The molecule has 0 aliphatic rings. The summed E-state index contributed by atoms with van der Waals surface area (Å²) in [5.74, 6) is 0.0466. The standard InChI is InChI=1S/C25H19N3O5S/c1-32-24(31)15-8-9-18-21(11-15)27-25(28(23(18)30)13-16-5-4-10-33-16)34-14-22(29)19-12-26-20-7-3-2-6-17(19)20/h2-12,26H,13-14H2,1H3. The van der Waals surface area contributed by atoms with Gasteiger partial charge in [-0.05, 0) is 36.4 Å². The van der Waals surface area contributed by atoms with E-state index in [0.29, 0.717) is 27.4 Å². The molecule has 3 aromatic heterocycles. The van der Waals surface area contributed by atoms with Gasteiger partial charge in [0.15, 0.2) is 10.9 Å². The van der Waals surface area contributed by atoms with Crippen molar-refractivity contribution < 1.29 is 18.7 Å². The fraction of sp³-hybridized carbons (Fsp3) is 0.120. The van der Waals surface area contributed by atoms with Crippen LogP contribution in [0.3, 0.4) is 0 Å². The number of Topliss-reactive ketones (excluding diaryl/α,β-unsaturated/α-hetero) is 1. The Morgan fingerprint density at radius 2 is 1.97 bits per heavy atom. The van der Waals surface area contributed by atoms with Crippen LogP contribution < -0.4 is 5.56 Å². The number of rotatable bonds is 7. The quantitative estimate of drug-likeness (QED) is 0.163. The van der Waals surface area contributed by atoms with Gasteiger partial charge in [0.05, 0.1) is 42.1 Å². The van der Waals surface area contributed by atoms with Crippen molar-refractivity contribution in [1.29, 1.82) is 0 Å². The fourth-order valence-corrected chi connectivity index (χ4v) is 4.65. The number of aromatic nitrogens is 3. The van der Waals surface area contributed by atoms with Crippen molar-refractivity contribution in [3.63, 3.8) is 0 Å². The topological polar surface area (TPSA) is 107 Å². The molecule has 0 fully saturated rings. The molecule has 5 aromatic rings. The first-order chi connectivity index (χ1) is 16.5. The predicted octanol–water partition coefficient (Wildman–Crippen LogP) is 4.28. The molecular formula is C25H19N3O5S. The van der Waals surface area contributed by atoms with Crippen LogP contribution >= 0.6 is 11.8 Å². The molecule has 0 radical (unpaired) electrons. The summed E-state index contributed by atoms with van der Waals surface area (Å²) in [4.78, 5) is 46.0. The lowest BCUT2D eigenvalue weighted by molar-refractivity contribution is 0.0600. The number of hydrogen-bond acceptors (Lipinski definition) is 7. The highest BCUT2D eigenvalue weighted by atomic mass is 32.2. The third-order valence-electron chi connectivity index (χ3n) is 5.46. The molecule has 8 nitrogen and oxygen atoms in total. The lowest BCUT2D eigenvalue weighted by Crippen LogP contribution is -2.24. The molecule has 0 aliphatic heterocycles. The van der Waals surface area contributed by atoms with Crippen LogP contribution in [0.25, 0.3) is 21.8 Å². The first-order valence-electron chi connectivity index (χ1n) is 10.4. The van der Waals surface area contributed by atoms with E-state index in [4.69, 9.17) is 9.15 Å². The van der Waals surface area contributed by atoms with Crippen LogP contribution in [0.5, 0.6) is 0 Å². The molecular weight excluding hydrogens is 454 g/mol. The van der Waals surface area contributed by atoms with Gasteiger partial charge in [0.2, 0.25) is 0 Å². The molecule has 170 valence electrons. The first kappa shape index (κ1) is 21.7. The molecule has 0 unspecified atom stereocenters. The molecule has 0 aliphatic carbocycles. The minimum absolute atomic E-state index is 0.0780. The van der Waals surface area contributed by atoms with Crippen molar-refractivity contribution >= 4 is 45.3 Å². The van der Waals surface area contributed by atoms with Crippen LogP contribution in [-0.2, 0) is 11.3 Å². The van der Waals surface area contributed by atoms with Crippen molar-refractivity contribution in [2.75, 3.05) is 12.9 Å². The summed E-state index contributed by atoms with van der Waals surface area (Å²) in [6, 6.07) is 15.7. The molecule has 5 rings (SSSR count). The van der Waals surface area contributed by atoms with Crippen molar-refractivity contribution in [3.8, 4) is 0 Å². The van der Waals surface area contributed by atoms with Gasteiger partial charge in [-0.25, -0.2) is 9.78 Å². The molecule has 3 heterocycles. The number of aromatic amines is 1. The zero-order valence-electron chi connectivity index (χ0n) is 18.1. The van der Waals surface area contributed by atoms with Crippen LogP contribution in [0.4, 0.5) is 0 Å². The molecule has 0 amide bonds. The van der Waals surface area contributed by atoms with Crippen LogP contribution in [0.15, 0.2) is 81.4 Å². The number of carbonyl (C=O) groups excluding carboxylic acids is 2. The Bertz CT molecular complexity index is 1580. The first-order valence-corrected chi connectivity index (χ1v) is 11.4. The molecule has 0 saturated heterocycles. The van der Waals surface area contributed by atoms with E-state index in [9.17, 15) is 14.4 Å². The van der Waals surface area contributed by atoms with Gasteiger partial charge in [-0.1, -0.05) is 30.0 Å². The van der Waals surface area contributed by atoms with Crippen LogP contribution in [0.2, 0.25) is 0 Å². The van der Waals surface area contributed by atoms with Crippen LogP contribution in [0, 0.1) is 0 Å². The zero-order chi connectivity index (χ0) is 23.7. The number of methoxy groups -OCH3 is 1. The average molecular weight is 474 g/mol. The summed E-state index contributed by atoms with van der Waals surface area (Å²) in [5.41, 5.74) is 1.81. The van der Waals surface area contributed by atoms with E-state index in [2.05, 4.69) is 9.97 Å². The minimum atomic E-state index is -0.521. The molecule has 34 heavy (non-hydrogen) atoms. The van der Waals surface area contributed by atoms with Gasteiger partial charge >= 0.3 is 5.97 Å². The third-order valence-corrected chi connectivity index (χ3v) is 6.43. The average Bonchev–Trinajstić information content (AvgIpc) is 3.53. The van der Waals surface area contributed by atoms with E-state index < -0.39 is 5.97 Å². The van der Waals surface area contributed by atoms with Crippen LogP contribution in [-0.4, -0.2) is 39.2 Å². The lowest BCUT2D eigenvalue weighted by atomic mass is 10.1. The Balaban J connectivity index is 1.53. The van der Waals surface area contributed by atoms with Crippen molar-refractivity contribution in [2.45, 2.75) is 11.7 Å². The molecule has 0 bridgehead atoms. The Labute approximate surface area is 197 Å². The highest BCUT2D eigenvalue weighted by Gasteiger charge is 2.18. The van der Waals surface area contributed by atoms with Gasteiger partial charge in [-0.2, -0.15) is 0 Å². The number of carbonyl (C=O) groups is 2. The van der Waals surface area contributed by atoms with Gasteiger partial charge < -0.3 is 14.1 Å². The predicted molar refractivity (Wildman–Crippen MR) is 129 cm³/mol. The third kappa shape index (κ3) is 4.01. The van der Waals surface area contributed by atoms with Gasteiger partial charge in [0.1, 0.15) is 5.76 Å². The number of ether oxygens (including phenoxy) is 1. The highest BCUT2D eigenvalue weighted by Crippen LogP contribution is 2.24. The van der Waals surface area contributed by atoms with Gasteiger partial charge in [0, 0.05) is 22.7 Å². The number of para-hydroxylation sites is 1. The number of fused-ring (bicyclic) bond motifs is 2. The smallest absolute Gasteiger partial charge is 0.337 e. The zero-order valence-corrected chi connectivity index (χ0v) is 18.9. The maximum absolute atomic E-state index is 13.3. The SMILES string of the molecule is COC(=O)c1ccc2c(=O)n(Cc3ccco3)c(SCC(=O)c3c[nH]c4ccccc34)nc2c1. The van der Waals surface area contributed by atoms with Crippen molar-refractivity contribution in [2.24, 2.45) is 0 Å². The summed E-state index contributed by atoms with van der Waals surface area (Å²) >= 11 is 1.16. The Hall–Kier alpha value is -4.11. The number of nitrogens with one attached hydrogen (secondary N) is 1. The van der Waals surface area contributed by atoms with Gasteiger partial charge in [-0.15, -0.1) is 0 Å². The Kier molecular flexibility index (Phi) is 5.77. The van der Waals surface area contributed by atoms with E-state index in [0.717, 1.165) is 22.7 Å². The fourth-order valence-electron chi connectivity index (χ4n) is 3.76. The minimum Gasteiger partial charge on any atom is -0.467 e. The number of esters is 1. The maximum Gasteiger partial charge on any atom is 0.337 e. The summed E-state index contributed by atoms with van der Waals surface area (Å²) < 4.78 is 11.7. The summed E-state index contributed by atoms with van der Waals surface area (Å²) in [6.45, 7) is 0.164. The summed E-state index contributed by atoms with van der Waals surface area (Å²) in [5, 5.41) is 1.55. The second kappa shape index (κ2) is 9.03. The Morgan fingerprint density at radius 1 is 1.12 bits per heavy atom. The second-order valence-corrected chi connectivity index (χ2v) is 8.49. The molecule has 0 atom stereocenters. The van der Waals surface area contributed by atoms with E-state index in [1.165, 1.54) is 30.1 Å². The summed E-state index contributed by atoms with van der Waals surface area (Å²) in [6.07, 6.45) is 3.23. The van der Waals surface area contributed by atoms with E-state index in [-0.39, 0.29) is 29.2 Å². The van der Waals surface area contributed by atoms with Gasteiger partial charge in [-0.3, -0.25) is 14.2 Å². The lowest BCUT2D eigenvalue weighted by Gasteiger charge is -2.12. The number of benzene rings is 2. The second-order valence-electron chi connectivity index (χ2n) is 7.55. The van der Waals surface area contributed by atoms with Crippen molar-refractivity contribution in [1.82, 2.24) is 14.5 Å². The molecule has 9 heteroatoms. The largest absolute Gasteiger partial charge is 0.467 e. The number of furan rings is 1. The number of nitrogens with zero attached hydrogens (tertiary/aromatic N) is 2. The van der Waals surface area contributed by atoms with E-state index in [1.807, 2.05) is 24.3 Å².